The van der Waals surface area contributed by atoms with Crippen LogP contribution >= 0.6 is 0 Å². The number of carbonyl (C=O) groups excluding carboxylic acids is 1. The van der Waals surface area contributed by atoms with Gasteiger partial charge in [-0.1, -0.05) is 0 Å². The van der Waals surface area contributed by atoms with E-state index in [2.05, 4.69) is 0 Å². The number of carboxylic acid groups (broad SMARTS) is 1. The fourth-order valence-corrected chi connectivity index (χ4v) is 0.740. The molecule has 0 bridgehead atoms. The van der Waals surface area contributed by atoms with Crippen molar-refractivity contribution in [3.63, 3.8) is 0 Å². The summed E-state index contributed by atoms with van der Waals surface area (Å²) in [7, 11) is 0. The zero-order chi connectivity index (χ0) is 12.4. The third kappa shape index (κ3) is 3.14. The second kappa shape index (κ2) is 4.11. The van der Waals surface area contributed by atoms with Gasteiger partial charge in [0, 0.05) is 0 Å². The van der Waals surface area contributed by atoms with E-state index in [1.54, 1.807) is 0 Å². The van der Waals surface area contributed by atoms with E-state index in [9.17, 15) is 36.2 Å². The van der Waals surface area contributed by atoms with Gasteiger partial charge in [0.15, 0.2) is 5.67 Å². The summed E-state index contributed by atoms with van der Waals surface area (Å²) < 4.78 is 72.4. The Morgan fingerprint density at radius 1 is 1.27 bits per heavy atom. The van der Waals surface area contributed by atoms with Crippen LogP contribution in [0.25, 0.3) is 0 Å². The van der Waals surface area contributed by atoms with E-state index >= 15 is 0 Å². The fourth-order valence-electron chi connectivity index (χ4n) is 0.740. The van der Waals surface area contributed by atoms with Crippen LogP contribution in [-0.2, 0) is 4.79 Å². The number of halogens is 6. The highest BCUT2D eigenvalue weighted by Gasteiger charge is 2.44. The van der Waals surface area contributed by atoms with Crippen molar-refractivity contribution in [2.45, 2.75) is 18.8 Å². The highest BCUT2D eigenvalue weighted by Crippen LogP contribution is 2.35. The molecule has 0 aliphatic heterocycles. The number of rotatable bonds is 3. The van der Waals surface area contributed by atoms with E-state index < -0.39 is 35.9 Å². The summed E-state index contributed by atoms with van der Waals surface area (Å²) in [5.74, 6) is -5.95. The molecule has 88 valence electrons. The first-order chi connectivity index (χ1) is 6.54. The predicted molar refractivity (Wildman–Crippen MR) is 34.7 cm³/mol. The van der Waals surface area contributed by atoms with Crippen molar-refractivity contribution in [3.05, 3.63) is 11.4 Å². The van der Waals surface area contributed by atoms with Crippen molar-refractivity contribution in [3.8, 4) is 0 Å². The molecule has 0 radical (unpaired) electrons. The molecule has 0 spiro atoms. The second-order valence-electron chi connectivity index (χ2n) is 2.81. The van der Waals surface area contributed by atoms with Crippen LogP contribution in [0, 0.1) is 0 Å². The Morgan fingerprint density at radius 3 is 1.87 bits per heavy atom. The predicted octanol–water partition coefficient (Wildman–Crippen LogP) is 1.22. The van der Waals surface area contributed by atoms with Crippen LogP contribution in [0.1, 0.15) is 6.92 Å². The molecule has 0 aromatic carbocycles. The summed E-state index contributed by atoms with van der Waals surface area (Å²) in [6.45, 7) is -1.94. The number of aliphatic carboxylic acids is 1. The molecule has 0 saturated carbocycles. The van der Waals surface area contributed by atoms with Gasteiger partial charge in [-0.25, -0.2) is 13.2 Å². The van der Waals surface area contributed by atoms with E-state index in [1.807, 2.05) is 0 Å². The standard InChI is InChI=1S/C7H6F6O2/c1-6(10,2-8)3(5(14)15)4(9)7(11,12)13/h2H2,1H3,(H,14,15)/p-1. The molecule has 1 atom stereocenters. The van der Waals surface area contributed by atoms with E-state index in [0.29, 0.717) is 0 Å². The van der Waals surface area contributed by atoms with E-state index in [0.717, 1.165) is 0 Å². The largest absolute Gasteiger partial charge is 0.545 e. The number of hydrogen-bond donors (Lipinski definition) is 0. The topological polar surface area (TPSA) is 40.1 Å². The Balaban J connectivity index is 5.62. The third-order valence-electron chi connectivity index (χ3n) is 1.44. The van der Waals surface area contributed by atoms with Gasteiger partial charge < -0.3 is 9.90 Å². The Hall–Kier alpha value is -1.21. The molecule has 8 heteroatoms. The number of allylic oxidation sites excluding steroid dienone is 1. The van der Waals surface area contributed by atoms with Crippen LogP contribution in [0.5, 0.6) is 0 Å². The van der Waals surface area contributed by atoms with Gasteiger partial charge in [0.1, 0.15) is 6.67 Å². The van der Waals surface area contributed by atoms with E-state index in [4.69, 9.17) is 0 Å². The normalized spacial score (nSPS) is 18.1. The lowest BCUT2D eigenvalue weighted by Crippen LogP contribution is -2.39. The first kappa shape index (κ1) is 13.8. The minimum atomic E-state index is -5.70. The van der Waals surface area contributed by atoms with Crippen molar-refractivity contribution in [1.82, 2.24) is 0 Å². The Labute approximate surface area is 80.2 Å². The third-order valence-corrected chi connectivity index (χ3v) is 1.44. The molecule has 2 nitrogen and oxygen atoms in total. The summed E-state index contributed by atoms with van der Waals surface area (Å²) in [6.07, 6.45) is -5.70. The molecule has 0 aromatic rings. The fraction of sp³-hybridized carbons (Fsp3) is 0.571. The molecule has 0 fully saturated rings. The Morgan fingerprint density at radius 2 is 1.67 bits per heavy atom. The van der Waals surface area contributed by atoms with Crippen LogP contribution in [-0.4, -0.2) is 24.5 Å². The zero-order valence-corrected chi connectivity index (χ0v) is 7.29. The van der Waals surface area contributed by atoms with Crippen molar-refractivity contribution in [2.75, 3.05) is 6.67 Å². The van der Waals surface area contributed by atoms with Crippen molar-refractivity contribution in [2.24, 2.45) is 0 Å². The summed E-state index contributed by atoms with van der Waals surface area (Å²) >= 11 is 0. The maximum absolute atomic E-state index is 12.9. The highest BCUT2D eigenvalue weighted by atomic mass is 19.4. The number of carboxylic acids is 1. The number of carbonyl (C=O) groups is 1. The molecule has 0 amide bonds. The summed E-state index contributed by atoms with van der Waals surface area (Å²) in [6, 6.07) is 0. The maximum atomic E-state index is 12.9. The van der Waals surface area contributed by atoms with Gasteiger partial charge in [-0.15, -0.1) is 0 Å². The van der Waals surface area contributed by atoms with Gasteiger partial charge in [0.05, 0.1) is 11.5 Å². The first-order valence-corrected chi connectivity index (χ1v) is 3.47. The van der Waals surface area contributed by atoms with Crippen LogP contribution < -0.4 is 5.11 Å². The van der Waals surface area contributed by atoms with E-state index in [-0.39, 0.29) is 6.92 Å². The van der Waals surface area contributed by atoms with Gasteiger partial charge in [-0.3, -0.25) is 0 Å². The van der Waals surface area contributed by atoms with Crippen LogP contribution in [0.15, 0.2) is 11.4 Å². The molecule has 15 heavy (non-hydrogen) atoms. The van der Waals surface area contributed by atoms with Crippen LogP contribution in [0.4, 0.5) is 26.3 Å². The lowest BCUT2D eigenvalue weighted by molar-refractivity contribution is -0.301. The molecular formula is C7H5F6O2-. The molecule has 0 heterocycles. The van der Waals surface area contributed by atoms with Gasteiger partial charge in [0.2, 0.25) is 5.83 Å². The van der Waals surface area contributed by atoms with Gasteiger partial charge in [-0.2, -0.15) is 13.2 Å². The monoisotopic (exact) mass is 235 g/mol. The van der Waals surface area contributed by atoms with Crippen LogP contribution in [0.3, 0.4) is 0 Å². The van der Waals surface area contributed by atoms with Crippen molar-refractivity contribution < 1.29 is 36.2 Å². The van der Waals surface area contributed by atoms with Gasteiger partial charge in [0.25, 0.3) is 0 Å². The number of alkyl halides is 5. The Bertz CT molecular complexity index is 290. The second-order valence-corrected chi connectivity index (χ2v) is 2.81. The van der Waals surface area contributed by atoms with Crippen molar-refractivity contribution >= 4 is 5.97 Å². The first-order valence-electron chi connectivity index (χ1n) is 3.47. The summed E-state index contributed by atoms with van der Waals surface area (Å²) in [5.41, 5.74) is -5.96. The molecule has 0 aromatic heterocycles. The molecule has 0 aliphatic rings. The molecule has 0 N–H and O–H groups in total. The average molecular weight is 235 g/mol. The molecule has 0 saturated heterocycles. The lowest BCUT2D eigenvalue weighted by atomic mass is 9.98. The molecule has 1 unspecified atom stereocenters. The summed E-state index contributed by atoms with van der Waals surface area (Å²) in [5, 5.41) is 10.1. The maximum Gasteiger partial charge on any atom is 0.443 e. The molecular weight excluding hydrogens is 230 g/mol. The minimum absolute atomic E-state index is 0.170. The van der Waals surface area contributed by atoms with Crippen molar-refractivity contribution in [1.29, 1.82) is 0 Å². The van der Waals surface area contributed by atoms with Crippen LogP contribution in [0.2, 0.25) is 0 Å². The molecule has 0 aliphatic carbocycles. The Kier molecular flexibility index (Phi) is 3.78. The minimum Gasteiger partial charge on any atom is -0.545 e. The average Bonchev–Trinajstić information content (AvgIpc) is 2.01. The smallest absolute Gasteiger partial charge is 0.443 e. The highest BCUT2D eigenvalue weighted by molar-refractivity contribution is 5.88. The van der Waals surface area contributed by atoms with E-state index in [1.165, 1.54) is 0 Å². The molecule has 0 rings (SSSR count). The quantitative estimate of drug-likeness (QED) is 0.545. The number of hydrogen-bond acceptors (Lipinski definition) is 2. The lowest BCUT2D eigenvalue weighted by Gasteiger charge is -2.22. The van der Waals surface area contributed by atoms with Gasteiger partial charge in [-0.05, 0) is 6.92 Å². The zero-order valence-electron chi connectivity index (χ0n) is 7.29. The summed E-state index contributed by atoms with van der Waals surface area (Å²) in [4.78, 5) is 10.1. The van der Waals surface area contributed by atoms with Gasteiger partial charge >= 0.3 is 6.18 Å². The SMILES string of the molecule is CC(F)(CF)C(C(=O)[O-])=C(F)C(F)(F)F.